The van der Waals surface area contributed by atoms with Gasteiger partial charge in [-0.1, -0.05) is 33.6 Å². The number of hydrogen-bond donors (Lipinski definition) is 0. The van der Waals surface area contributed by atoms with Gasteiger partial charge in [-0.2, -0.15) is 5.10 Å². The van der Waals surface area contributed by atoms with Gasteiger partial charge in [0.05, 0.1) is 10.7 Å². The van der Waals surface area contributed by atoms with Gasteiger partial charge in [0, 0.05) is 17.9 Å². The van der Waals surface area contributed by atoms with E-state index in [2.05, 4.69) is 21.0 Å². The van der Waals surface area contributed by atoms with Crippen molar-refractivity contribution in [1.29, 1.82) is 0 Å². The Labute approximate surface area is 120 Å². The molecule has 0 atom stereocenters. The summed E-state index contributed by atoms with van der Waals surface area (Å²) in [6.45, 7) is 3.95. The molecule has 2 rings (SSSR count). The van der Waals surface area contributed by atoms with E-state index in [9.17, 15) is 0 Å². The molecule has 1 aromatic carbocycles. The minimum absolute atomic E-state index is 0.606. The Morgan fingerprint density at radius 2 is 2.11 bits per heavy atom. The molecule has 0 N–H and O–H groups in total. The van der Waals surface area contributed by atoms with Crippen LogP contribution < -0.4 is 4.74 Å². The number of hydrogen-bond acceptors (Lipinski definition) is 2. The topological polar surface area (TPSA) is 27.1 Å². The molecule has 5 heteroatoms. The summed E-state index contributed by atoms with van der Waals surface area (Å²) in [5.74, 6) is 1.36. The van der Waals surface area contributed by atoms with Crippen LogP contribution in [0.5, 0.6) is 11.6 Å². The van der Waals surface area contributed by atoms with Gasteiger partial charge in [-0.05, 0) is 31.5 Å². The summed E-state index contributed by atoms with van der Waals surface area (Å²) >= 11 is 9.62. The van der Waals surface area contributed by atoms with Gasteiger partial charge >= 0.3 is 0 Å². The lowest BCUT2D eigenvalue weighted by Gasteiger charge is -2.09. The quantitative estimate of drug-likeness (QED) is 0.782. The smallest absolute Gasteiger partial charge is 0.221 e. The van der Waals surface area contributed by atoms with E-state index in [0.717, 1.165) is 22.7 Å². The fourth-order valence-corrected chi connectivity index (χ4v) is 2.67. The highest BCUT2D eigenvalue weighted by atomic mass is 79.9. The van der Waals surface area contributed by atoms with Crippen LogP contribution in [0.2, 0.25) is 5.02 Å². The average molecular weight is 330 g/mol. The predicted octanol–water partition coefficient (Wildman–Crippen LogP) is 4.38. The van der Waals surface area contributed by atoms with Crippen molar-refractivity contribution in [2.24, 2.45) is 7.05 Å². The summed E-state index contributed by atoms with van der Waals surface area (Å²) in [4.78, 5) is 0. The first-order chi connectivity index (χ1) is 8.52. The standard InChI is InChI=1S/C13H14BrClN2O/c1-8-4-5-12(11(15)6-8)18-13-10(7-14)9(2)16-17(13)3/h4-6H,7H2,1-3H3. The van der Waals surface area contributed by atoms with Crippen molar-refractivity contribution >= 4 is 27.5 Å². The van der Waals surface area contributed by atoms with Gasteiger partial charge in [-0.25, -0.2) is 4.68 Å². The van der Waals surface area contributed by atoms with E-state index in [1.165, 1.54) is 0 Å². The van der Waals surface area contributed by atoms with Crippen molar-refractivity contribution in [1.82, 2.24) is 9.78 Å². The van der Waals surface area contributed by atoms with Crippen LogP contribution in [0.3, 0.4) is 0 Å². The number of aryl methyl sites for hydroxylation is 3. The summed E-state index contributed by atoms with van der Waals surface area (Å²) in [6.07, 6.45) is 0. The normalized spacial score (nSPS) is 10.7. The zero-order valence-corrected chi connectivity index (χ0v) is 12.8. The summed E-state index contributed by atoms with van der Waals surface area (Å²) < 4.78 is 7.60. The van der Waals surface area contributed by atoms with Crippen LogP contribution >= 0.6 is 27.5 Å². The van der Waals surface area contributed by atoms with E-state index in [0.29, 0.717) is 16.1 Å². The van der Waals surface area contributed by atoms with Gasteiger partial charge < -0.3 is 4.74 Å². The second kappa shape index (κ2) is 5.33. The van der Waals surface area contributed by atoms with Gasteiger partial charge in [-0.15, -0.1) is 0 Å². The predicted molar refractivity (Wildman–Crippen MR) is 76.8 cm³/mol. The lowest BCUT2D eigenvalue weighted by molar-refractivity contribution is 0.427. The Kier molecular flexibility index (Phi) is 3.97. The highest BCUT2D eigenvalue weighted by Gasteiger charge is 2.15. The molecule has 0 unspecified atom stereocenters. The van der Waals surface area contributed by atoms with Crippen molar-refractivity contribution in [3.05, 3.63) is 40.0 Å². The van der Waals surface area contributed by atoms with E-state index in [-0.39, 0.29) is 0 Å². The highest BCUT2D eigenvalue weighted by Crippen LogP contribution is 2.33. The van der Waals surface area contributed by atoms with Gasteiger partial charge in [0.25, 0.3) is 0 Å². The van der Waals surface area contributed by atoms with Crippen LogP contribution in [0, 0.1) is 13.8 Å². The third-order valence-electron chi connectivity index (χ3n) is 2.72. The van der Waals surface area contributed by atoms with E-state index < -0.39 is 0 Å². The van der Waals surface area contributed by atoms with E-state index in [4.69, 9.17) is 16.3 Å². The van der Waals surface area contributed by atoms with E-state index >= 15 is 0 Å². The molecule has 0 saturated heterocycles. The molecule has 0 saturated carbocycles. The van der Waals surface area contributed by atoms with E-state index in [1.54, 1.807) is 4.68 Å². The lowest BCUT2D eigenvalue weighted by atomic mass is 10.2. The molecular weight excluding hydrogens is 316 g/mol. The van der Waals surface area contributed by atoms with Crippen molar-refractivity contribution in [2.45, 2.75) is 19.2 Å². The van der Waals surface area contributed by atoms with Crippen LogP contribution in [0.1, 0.15) is 16.8 Å². The van der Waals surface area contributed by atoms with Crippen molar-refractivity contribution in [3.63, 3.8) is 0 Å². The molecule has 0 fully saturated rings. The molecule has 3 nitrogen and oxygen atoms in total. The highest BCUT2D eigenvalue weighted by molar-refractivity contribution is 9.08. The first kappa shape index (κ1) is 13.4. The second-order valence-electron chi connectivity index (χ2n) is 4.16. The largest absolute Gasteiger partial charge is 0.437 e. The molecule has 0 aliphatic carbocycles. The number of benzene rings is 1. The molecule has 96 valence electrons. The Morgan fingerprint density at radius 3 is 2.72 bits per heavy atom. The third kappa shape index (κ3) is 2.54. The lowest BCUT2D eigenvalue weighted by Crippen LogP contribution is -1.97. The SMILES string of the molecule is Cc1ccc(Oc2c(CBr)c(C)nn2C)c(Cl)c1. The Balaban J connectivity index is 2.39. The number of rotatable bonds is 3. The van der Waals surface area contributed by atoms with Gasteiger partial charge in [0.15, 0.2) is 0 Å². The number of alkyl halides is 1. The summed E-state index contributed by atoms with van der Waals surface area (Å²) in [5.41, 5.74) is 3.09. The fourth-order valence-electron chi connectivity index (χ4n) is 1.76. The molecule has 1 aromatic heterocycles. The summed E-state index contributed by atoms with van der Waals surface area (Å²) in [5, 5.41) is 5.65. The zero-order chi connectivity index (χ0) is 13.3. The van der Waals surface area contributed by atoms with Crippen molar-refractivity contribution in [3.8, 4) is 11.6 Å². The minimum Gasteiger partial charge on any atom is -0.437 e. The van der Waals surface area contributed by atoms with Gasteiger partial charge in [-0.3, -0.25) is 0 Å². The molecule has 18 heavy (non-hydrogen) atoms. The first-order valence-electron chi connectivity index (χ1n) is 5.55. The van der Waals surface area contributed by atoms with Crippen LogP contribution in [0.4, 0.5) is 0 Å². The maximum absolute atomic E-state index is 6.17. The van der Waals surface area contributed by atoms with Gasteiger partial charge in [0.2, 0.25) is 5.88 Å². The summed E-state index contributed by atoms with van der Waals surface area (Å²) in [6, 6.07) is 5.73. The summed E-state index contributed by atoms with van der Waals surface area (Å²) in [7, 11) is 1.86. The monoisotopic (exact) mass is 328 g/mol. The average Bonchev–Trinajstić information content (AvgIpc) is 2.57. The molecule has 1 heterocycles. The third-order valence-corrected chi connectivity index (χ3v) is 3.57. The Bertz CT molecular complexity index is 581. The second-order valence-corrected chi connectivity index (χ2v) is 5.13. The molecule has 2 aromatic rings. The molecule has 0 aliphatic heterocycles. The van der Waals surface area contributed by atoms with Crippen LogP contribution in [-0.4, -0.2) is 9.78 Å². The van der Waals surface area contributed by atoms with Crippen LogP contribution in [0.25, 0.3) is 0 Å². The van der Waals surface area contributed by atoms with Crippen molar-refractivity contribution in [2.75, 3.05) is 0 Å². The molecule has 0 radical (unpaired) electrons. The van der Waals surface area contributed by atoms with Crippen molar-refractivity contribution < 1.29 is 4.74 Å². The van der Waals surface area contributed by atoms with E-state index in [1.807, 2.05) is 39.1 Å². The number of halogens is 2. The Morgan fingerprint density at radius 1 is 1.39 bits per heavy atom. The Hall–Kier alpha value is -1.00. The fraction of sp³-hybridized carbons (Fsp3) is 0.308. The maximum Gasteiger partial charge on any atom is 0.221 e. The minimum atomic E-state index is 0.606. The number of aromatic nitrogens is 2. The number of ether oxygens (including phenoxy) is 1. The first-order valence-corrected chi connectivity index (χ1v) is 7.05. The van der Waals surface area contributed by atoms with Crippen LogP contribution in [0.15, 0.2) is 18.2 Å². The molecule has 0 bridgehead atoms. The maximum atomic E-state index is 6.17. The molecule has 0 amide bonds. The zero-order valence-electron chi connectivity index (χ0n) is 10.5. The van der Waals surface area contributed by atoms with Gasteiger partial charge in [0.1, 0.15) is 5.75 Å². The molecule has 0 aliphatic rings. The molecule has 0 spiro atoms. The molecular formula is C13H14BrClN2O. The number of nitrogens with zero attached hydrogens (tertiary/aromatic N) is 2. The van der Waals surface area contributed by atoms with Crippen LogP contribution in [-0.2, 0) is 12.4 Å².